The summed E-state index contributed by atoms with van der Waals surface area (Å²) in [4.78, 5) is 8.95. The summed E-state index contributed by atoms with van der Waals surface area (Å²) in [6.07, 6.45) is 4.83. The van der Waals surface area contributed by atoms with Crippen LogP contribution in [0.5, 0.6) is 0 Å². The standard InChI is InChI=1S/C22H26N4O2S/c1-3-9-17(2)26-29(27,28)19-13-14-21(24-16-19)25-22(18-10-5-4-6-11-18)20-12-7-8-15-23-20/h4-8,10-17,22,26H,3,9H2,1-2H3,(H,24,25). The maximum absolute atomic E-state index is 12.5. The van der Waals surface area contributed by atoms with Gasteiger partial charge in [-0.2, -0.15) is 0 Å². The van der Waals surface area contributed by atoms with Crippen molar-refractivity contribution in [3.63, 3.8) is 0 Å². The van der Waals surface area contributed by atoms with Crippen LogP contribution < -0.4 is 10.0 Å². The van der Waals surface area contributed by atoms with Gasteiger partial charge >= 0.3 is 0 Å². The number of rotatable bonds is 9. The molecule has 7 heteroatoms. The van der Waals surface area contributed by atoms with Crippen molar-refractivity contribution in [2.24, 2.45) is 0 Å². The van der Waals surface area contributed by atoms with Gasteiger partial charge in [-0.1, -0.05) is 49.7 Å². The molecule has 3 rings (SSSR count). The van der Waals surface area contributed by atoms with Gasteiger partial charge in [0, 0.05) is 18.4 Å². The monoisotopic (exact) mass is 410 g/mol. The fraction of sp³-hybridized carbons (Fsp3) is 0.273. The summed E-state index contributed by atoms with van der Waals surface area (Å²) < 4.78 is 27.7. The molecule has 2 heterocycles. The summed E-state index contributed by atoms with van der Waals surface area (Å²) in [7, 11) is -3.58. The number of benzene rings is 1. The topological polar surface area (TPSA) is 84.0 Å². The Kier molecular flexibility index (Phi) is 6.95. The Bertz CT molecular complexity index is 955. The summed E-state index contributed by atoms with van der Waals surface area (Å²) >= 11 is 0. The van der Waals surface area contributed by atoms with Gasteiger partial charge in [-0.05, 0) is 43.2 Å². The van der Waals surface area contributed by atoms with Crippen molar-refractivity contribution >= 4 is 15.8 Å². The van der Waals surface area contributed by atoms with Crippen molar-refractivity contribution in [2.45, 2.75) is 43.7 Å². The Morgan fingerprint density at radius 3 is 2.34 bits per heavy atom. The van der Waals surface area contributed by atoms with E-state index in [0.717, 1.165) is 24.1 Å². The molecule has 0 saturated heterocycles. The van der Waals surface area contributed by atoms with Crippen LogP contribution in [-0.4, -0.2) is 24.4 Å². The minimum absolute atomic E-state index is 0.116. The van der Waals surface area contributed by atoms with Crippen molar-refractivity contribution in [1.82, 2.24) is 14.7 Å². The average molecular weight is 411 g/mol. The second kappa shape index (κ2) is 9.62. The van der Waals surface area contributed by atoms with E-state index in [1.807, 2.05) is 62.4 Å². The van der Waals surface area contributed by atoms with E-state index in [9.17, 15) is 8.42 Å². The molecule has 6 nitrogen and oxygen atoms in total. The van der Waals surface area contributed by atoms with Crippen molar-refractivity contribution in [1.29, 1.82) is 0 Å². The molecule has 0 spiro atoms. The lowest BCUT2D eigenvalue weighted by molar-refractivity contribution is 0.543. The predicted octanol–water partition coefficient (Wildman–Crippen LogP) is 4.15. The molecule has 0 amide bonds. The van der Waals surface area contributed by atoms with Crippen LogP contribution in [0.15, 0.2) is 78.0 Å². The van der Waals surface area contributed by atoms with Gasteiger partial charge < -0.3 is 5.32 Å². The molecule has 0 aliphatic heterocycles. The van der Waals surface area contributed by atoms with E-state index in [1.165, 1.54) is 6.20 Å². The number of aromatic nitrogens is 2. The minimum Gasteiger partial charge on any atom is -0.358 e. The van der Waals surface area contributed by atoms with Crippen LogP contribution in [0.2, 0.25) is 0 Å². The molecule has 0 aliphatic carbocycles. The third-order valence-corrected chi connectivity index (χ3v) is 6.11. The van der Waals surface area contributed by atoms with E-state index < -0.39 is 10.0 Å². The van der Waals surface area contributed by atoms with Crippen molar-refractivity contribution in [3.8, 4) is 0 Å². The maximum Gasteiger partial charge on any atom is 0.242 e. The predicted molar refractivity (Wildman–Crippen MR) is 115 cm³/mol. The van der Waals surface area contributed by atoms with Crippen LogP contribution in [0.25, 0.3) is 0 Å². The summed E-state index contributed by atoms with van der Waals surface area (Å²) in [5.74, 6) is 0.574. The maximum atomic E-state index is 12.5. The summed E-state index contributed by atoms with van der Waals surface area (Å²) in [6, 6.07) is 18.6. The number of pyridine rings is 2. The number of hydrogen-bond acceptors (Lipinski definition) is 5. The minimum atomic E-state index is -3.58. The molecule has 29 heavy (non-hydrogen) atoms. The highest BCUT2D eigenvalue weighted by atomic mass is 32.2. The molecule has 0 bridgehead atoms. The normalized spacial score (nSPS) is 13.6. The zero-order valence-electron chi connectivity index (χ0n) is 16.6. The number of hydrogen-bond donors (Lipinski definition) is 2. The lowest BCUT2D eigenvalue weighted by Crippen LogP contribution is -2.32. The van der Waals surface area contributed by atoms with Crippen molar-refractivity contribution in [2.75, 3.05) is 5.32 Å². The van der Waals surface area contributed by atoms with Gasteiger partial charge in [0.15, 0.2) is 0 Å². The zero-order valence-corrected chi connectivity index (χ0v) is 17.4. The number of anilines is 1. The Labute approximate surface area is 172 Å². The third-order valence-electron chi connectivity index (χ3n) is 4.53. The smallest absolute Gasteiger partial charge is 0.242 e. The largest absolute Gasteiger partial charge is 0.358 e. The van der Waals surface area contributed by atoms with Gasteiger partial charge in [-0.3, -0.25) is 4.98 Å². The average Bonchev–Trinajstić information content (AvgIpc) is 2.73. The number of sulfonamides is 1. The van der Waals surface area contributed by atoms with E-state index >= 15 is 0 Å². The summed E-state index contributed by atoms with van der Waals surface area (Å²) in [5.41, 5.74) is 1.90. The highest BCUT2D eigenvalue weighted by Crippen LogP contribution is 2.24. The number of nitrogens with zero attached hydrogens (tertiary/aromatic N) is 2. The van der Waals surface area contributed by atoms with E-state index in [4.69, 9.17) is 0 Å². The van der Waals surface area contributed by atoms with Crippen LogP contribution >= 0.6 is 0 Å². The second-order valence-electron chi connectivity index (χ2n) is 6.93. The van der Waals surface area contributed by atoms with E-state index in [2.05, 4.69) is 20.0 Å². The van der Waals surface area contributed by atoms with Crippen LogP contribution in [0.4, 0.5) is 5.82 Å². The Morgan fingerprint density at radius 2 is 1.72 bits per heavy atom. The van der Waals surface area contributed by atoms with Gasteiger partial charge in [-0.25, -0.2) is 18.1 Å². The highest BCUT2D eigenvalue weighted by molar-refractivity contribution is 7.89. The van der Waals surface area contributed by atoms with Gasteiger partial charge in [0.1, 0.15) is 10.7 Å². The molecular weight excluding hydrogens is 384 g/mol. The summed E-state index contributed by atoms with van der Waals surface area (Å²) in [6.45, 7) is 3.89. The fourth-order valence-electron chi connectivity index (χ4n) is 3.12. The SMILES string of the molecule is CCCC(C)NS(=O)(=O)c1ccc(NC(c2ccccc2)c2ccccn2)nc1. The molecule has 2 unspecified atom stereocenters. The van der Waals surface area contributed by atoms with Crippen LogP contribution in [0.3, 0.4) is 0 Å². The Morgan fingerprint density at radius 1 is 0.966 bits per heavy atom. The molecule has 3 aromatic rings. The molecular formula is C22H26N4O2S. The highest BCUT2D eigenvalue weighted by Gasteiger charge is 2.19. The Balaban J connectivity index is 1.81. The van der Waals surface area contributed by atoms with Gasteiger partial charge in [-0.15, -0.1) is 0 Å². The molecule has 1 aromatic carbocycles. The molecule has 2 atom stereocenters. The van der Waals surface area contributed by atoms with E-state index in [0.29, 0.717) is 5.82 Å². The first-order valence-corrected chi connectivity index (χ1v) is 11.2. The lowest BCUT2D eigenvalue weighted by Gasteiger charge is -2.19. The molecule has 152 valence electrons. The zero-order chi connectivity index (χ0) is 20.7. The first-order chi connectivity index (χ1) is 14.0. The molecule has 0 saturated carbocycles. The first-order valence-electron chi connectivity index (χ1n) is 9.70. The Hall–Kier alpha value is -2.77. The molecule has 2 aromatic heterocycles. The molecule has 0 radical (unpaired) electrons. The number of nitrogens with one attached hydrogen (secondary N) is 2. The first kappa shape index (κ1) is 21.0. The van der Waals surface area contributed by atoms with Crippen molar-refractivity contribution < 1.29 is 8.42 Å². The lowest BCUT2D eigenvalue weighted by atomic mass is 10.0. The van der Waals surface area contributed by atoms with Crippen molar-refractivity contribution in [3.05, 3.63) is 84.3 Å². The quantitative estimate of drug-likeness (QED) is 0.554. The van der Waals surface area contributed by atoms with E-state index in [1.54, 1.807) is 18.3 Å². The molecule has 0 aliphatic rings. The van der Waals surface area contributed by atoms with Crippen LogP contribution in [0.1, 0.15) is 44.0 Å². The van der Waals surface area contributed by atoms with Gasteiger partial charge in [0.25, 0.3) is 0 Å². The van der Waals surface area contributed by atoms with Gasteiger partial charge in [0.2, 0.25) is 10.0 Å². The second-order valence-corrected chi connectivity index (χ2v) is 8.65. The van der Waals surface area contributed by atoms with E-state index in [-0.39, 0.29) is 17.0 Å². The van der Waals surface area contributed by atoms with Crippen LogP contribution in [-0.2, 0) is 10.0 Å². The third kappa shape index (κ3) is 5.62. The fourth-order valence-corrected chi connectivity index (χ4v) is 4.34. The molecule has 2 N–H and O–H groups in total. The molecule has 0 fully saturated rings. The van der Waals surface area contributed by atoms with Crippen LogP contribution in [0, 0.1) is 0 Å². The summed E-state index contributed by atoms with van der Waals surface area (Å²) in [5, 5.41) is 3.36. The van der Waals surface area contributed by atoms with Gasteiger partial charge in [0.05, 0.1) is 11.7 Å².